The number of fused-ring (bicyclic) bond motifs is 1. The number of aromatic amines is 1. The van der Waals surface area contributed by atoms with Crippen LogP contribution >= 0.6 is 0 Å². The minimum atomic E-state index is -0.483. The van der Waals surface area contributed by atoms with Crippen LogP contribution in [0.15, 0.2) is 29.1 Å². The summed E-state index contributed by atoms with van der Waals surface area (Å²) < 4.78 is 18.2. The first-order valence-electron chi connectivity index (χ1n) is 12.6. The molecule has 1 N–H and O–H groups in total. The average molecular weight is 497 g/mol. The summed E-state index contributed by atoms with van der Waals surface area (Å²) in [4.78, 5) is 30.9. The molecule has 2 atom stereocenters. The summed E-state index contributed by atoms with van der Waals surface area (Å²) in [5, 5.41) is 13.5. The number of hydrogen-bond acceptors (Lipinski definition) is 9. The standard InChI is InChI=1S/C25H32N6O5/c1-3-35-25(33)16-8-10-30(11-9-16)22(23-27-28-29-31(23)15-19-5-4-12-36-19)20-14-17-13-18(34-2)6-7-21(17)26-24(20)32/h6-7,13-14,16,19,22H,3-5,8-12,15H2,1-2H3,(H,26,32)/t19-,22+/m0/s1. The van der Waals surface area contributed by atoms with Crippen LogP contribution in [-0.2, 0) is 20.8 Å². The lowest BCUT2D eigenvalue weighted by Gasteiger charge is -2.36. The highest BCUT2D eigenvalue weighted by Gasteiger charge is 2.35. The number of hydrogen-bond donors (Lipinski definition) is 1. The fraction of sp³-hybridized carbons (Fsp3) is 0.560. The van der Waals surface area contributed by atoms with E-state index >= 15 is 0 Å². The van der Waals surface area contributed by atoms with E-state index in [9.17, 15) is 9.59 Å². The summed E-state index contributed by atoms with van der Waals surface area (Å²) in [6.07, 6.45) is 3.29. The number of tetrazole rings is 1. The number of likely N-dealkylation sites (tertiary alicyclic amines) is 1. The lowest BCUT2D eigenvalue weighted by atomic mass is 9.94. The van der Waals surface area contributed by atoms with E-state index in [4.69, 9.17) is 14.2 Å². The van der Waals surface area contributed by atoms with Crippen LogP contribution < -0.4 is 10.3 Å². The van der Waals surface area contributed by atoms with E-state index in [0.717, 1.165) is 30.4 Å². The Labute approximate surface area is 208 Å². The first-order valence-corrected chi connectivity index (χ1v) is 12.6. The summed E-state index contributed by atoms with van der Waals surface area (Å²) in [5.41, 5.74) is 1.08. The van der Waals surface area contributed by atoms with Gasteiger partial charge in [-0.2, -0.15) is 0 Å². The Morgan fingerprint density at radius 1 is 1.25 bits per heavy atom. The van der Waals surface area contributed by atoms with Gasteiger partial charge in [0.1, 0.15) is 11.8 Å². The first kappa shape index (κ1) is 24.4. The molecule has 0 unspecified atom stereocenters. The van der Waals surface area contributed by atoms with Crippen molar-refractivity contribution in [1.29, 1.82) is 0 Å². The van der Waals surface area contributed by atoms with Crippen LogP contribution in [0.1, 0.15) is 50.0 Å². The van der Waals surface area contributed by atoms with Crippen LogP contribution in [0.4, 0.5) is 0 Å². The van der Waals surface area contributed by atoms with Crippen molar-refractivity contribution < 1.29 is 19.0 Å². The zero-order chi connectivity index (χ0) is 25.1. The van der Waals surface area contributed by atoms with Crippen molar-refractivity contribution in [3.63, 3.8) is 0 Å². The van der Waals surface area contributed by atoms with E-state index in [1.807, 2.05) is 31.2 Å². The summed E-state index contributed by atoms with van der Waals surface area (Å²) in [5.74, 6) is 0.986. The maximum absolute atomic E-state index is 13.4. The molecule has 4 heterocycles. The smallest absolute Gasteiger partial charge is 0.309 e. The molecule has 2 saturated heterocycles. The van der Waals surface area contributed by atoms with Crippen molar-refractivity contribution >= 4 is 16.9 Å². The van der Waals surface area contributed by atoms with Crippen LogP contribution in [0.5, 0.6) is 5.75 Å². The minimum Gasteiger partial charge on any atom is -0.497 e. The SMILES string of the molecule is CCOC(=O)C1CCN([C@H](c2cc3cc(OC)ccc3[nH]c2=O)c2nnnn2C[C@@H]2CCCO2)CC1. The maximum atomic E-state index is 13.4. The van der Waals surface area contributed by atoms with Gasteiger partial charge in [-0.1, -0.05) is 0 Å². The molecule has 2 aromatic heterocycles. The normalized spacial score (nSPS) is 20.0. The average Bonchev–Trinajstić information content (AvgIpc) is 3.58. The van der Waals surface area contributed by atoms with E-state index < -0.39 is 6.04 Å². The topological polar surface area (TPSA) is 124 Å². The Bertz CT molecular complexity index is 1260. The molecule has 2 aliphatic rings. The predicted octanol–water partition coefficient (Wildman–Crippen LogP) is 2.07. The van der Waals surface area contributed by atoms with Crippen molar-refractivity contribution in [2.24, 2.45) is 5.92 Å². The van der Waals surface area contributed by atoms with Gasteiger partial charge in [-0.15, -0.1) is 5.10 Å². The second-order valence-electron chi connectivity index (χ2n) is 9.33. The summed E-state index contributed by atoms with van der Waals surface area (Å²) in [7, 11) is 1.61. The number of piperidine rings is 1. The highest BCUT2D eigenvalue weighted by Crippen LogP contribution is 2.32. The molecule has 1 aromatic carbocycles. The quantitative estimate of drug-likeness (QED) is 0.467. The number of rotatable bonds is 8. The predicted molar refractivity (Wildman–Crippen MR) is 131 cm³/mol. The third kappa shape index (κ3) is 4.98. The van der Waals surface area contributed by atoms with E-state index in [1.54, 1.807) is 11.8 Å². The molecule has 0 saturated carbocycles. The zero-order valence-corrected chi connectivity index (χ0v) is 20.7. The number of esters is 1. The monoisotopic (exact) mass is 496 g/mol. The van der Waals surface area contributed by atoms with E-state index in [1.165, 1.54) is 0 Å². The van der Waals surface area contributed by atoms with Gasteiger partial charge in [-0.05, 0) is 67.3 Å². The number of ether oxygens (including phenoxy) is 3. The Morgan fingerprint density at radius 3 is 2.81 bits per heavy atom. The highest BCUT2D eigenvalue weighted by molar-refractivity contribution is 5.80. The molecule has 0 spiro atoms. The number of pyridine rings is 1. The van der Waals surface area contributed by atoms with Crippen molar-refractivity contribution in [2.45, 2.75) is 51.3 Å². The molecular formula is C25H32N6O5. The third-order valence-electron chi connectivity index (χ3n) is 7.09. The van der Waals surface area contributed by atoms with Gasteiger partial charge in [0, 0.05) is 36.2 Å². The Hall–Kier alpha value is -3.31. The van der Waals surface area contributed by atoms with E-state index in [2.05, 4.69) is 25.4 Å². The fourth-order valence-corrected chi connectivity index (χ4v) is 5.20. The Balaban J connectivity index is 1.52. The first-order chi connectivity index (χ1) is 17.6. The summed E-state index contributed by atoms with van der Waals surface area (Å²) >= 11 is 0. The molecule has 3 aromatic rings. The molecule has 192 valence electrons. The van der Waals surface area contributed by atoms with Gasteiger partial charge in [-0.3, -0.25) is 14.5 Å². The molecule has 11 nitrogen and oxygen atoms in total. The van der Waals surface area contributed by atoms with Crippen LogP contribution in [0.25, 0.3) is 10.9 Å². The zero-order valence-electron chi connectivity index (χ0n) is 20.7. The van der Waals surface area contributed by atoms with Gasteiger partial charge < -0.3 is 19.2 Å². The van der Waals surface area contributed by atoms with Gasteiger partial charge >= 0.3 is 5.97 Å². The lowest BCUT2D eigenvalue weighted by Crippen LogP contribution is -2.42. The molecule has 0 bridgehead atoms. The molecule has 11 heteroatoms. The van der Waals surface area contributed by atoms with Gasteiger partial charge in [-0.25, -0.2) is 4.68 Å². The second kappa shape index (κ2) is 10.8. The molecule has 2 fully saturated rings. The Morgan fingerprint density at radius 2 is 2.08 bits per heavy atom. The van der Waals surface area contributed by atoms with Gasteiger partial charge in [0.15, 0.2) is 5.82 Å². The third-order valence-corrected chi connectivity index (χ3v) is 7.09. The van der Waals surface area contributed by atoms with Gasteiger partial charge in [0.05, 0.1) is 32.3 Å². The van der Waals surface area contributed by atoms with Crippen LogP contribution in [0.3, 0.4) is 0 Å². The number of methoxy groups -OCH3 is 1. The number of H-pyrrole nitrogens is 1. The van der Waals surface area contributed by atoms with Crippen molar-refractivity contribution in [3.05, 3.63) is 46.0 Å². The molecular weight excluding hydrogens is 464 g/mol. The summed E-state index contributed by atoms with van der Waals surface area (Å²) in [6.45, 7) is 4.66. The molecule has 5 rings (SSSR count). The number of nitrogens with one attached hydrogen (secondary N) is 1. The van der Waals surface area contributed by atoms with Crippen molar-refractivity contribution in [2.75, 3.05) is 33.4 Å². The van der Waals surface area contributed by atoms with E-state index in [0.29, 0.717) is 56.2 Å². The molecule has 0 amide bonds. The molecule has 2 aliphatic heterocycles. The lowest BCUT2D eigenvalue weighted by molar-refractivity contribution is -0.149. The number of benzene rings is 1. The molecule has 0 aliphatic carbocycles. The number of carbonyl (C=O) groups is 1. The van der Waals surface area contributed by atoms with Gasteiger partial charge in [0.25, 0.3) is 5.56 Å². The Kier molecular flexibility index (Phi) is 7.28. The van der Waals surface area contributed by atoms with Crippen molar-refractivity contribution in [1.82, 2.24) is 30.1 Å². The maximum Gasteiger partial charge on any atom is 0.309 e. The van der Waals surface area contributed by atoms with Crippen LogP contribution in [0.2, 0.25) is 0 Å². The van der Waals surface area contributed by atoms with E-state index in [-0.39, 0.29) is 23.6 Å². The highest BCUT2D eigenvalue weighted by atomic mass is 16.5. The fourth-order valence-electron chi connectivity index (χ4n) is 5.20. The molecule has 36 heavy (non-hydrogen) atoms. The largest absolute Gasteiger partial charge is 0.497 e. The minimum absolute atomic E-state index is 0.0431. The number of nitrogens with zero attached hydrogens (tertiary/aromatic N) is 5. The second-order valence-corrected chi connectivity index (χ2v) is 9.33. The van der Waals surface area contributed by atoms with Gasteiger partial charge in [0.2, 0.25) is 0 Å². The summed E-state index contributed by atoms with van der Waals surface area (Å²) in [6, 6.07) is 6.96. The number of carbonyl (C=O) groups excluding carboxylic acids is 1. The number of aromatic nitrogens is 5. The van der Waals surface area contributed by atoms with Crippen molar-refractivity contribution in [3.8, 4) is 5.75 Å². The van der Waals surface area contributed by atoms with Crippen LogP contribution in [0, 0.1) is 5.92 Å². The van der Waals surface area contributed by atoms with Crippen LogP contribution in [-0.4, -0.2) is 75.6 Å². The molecule has 0 radical (unpaired) electrons.